The van der Waals surface area contributed by atoms with Crippen molar-refractivity contribution in [3.8, 4) is 0 Å². The summed E-state index contributed by atoms with van der Waals surface area (Å²) in [7, 11) is 1.79. The van der Waals surface area contributed by atoms with Gasteiger partial charge in [0.2, 0.25) is 0 Å². The molecule has 0 radical (unpaired) electrons. The molecule has 0 aliphatic carbocycles. The van der Waals surface area contributed by atoms with E-state index in [2.05, 4.69) is 62.9 Å². The summed E-state index contributed by atoms with van der Waals surface area (Å²) < 4.78 is 5.22. The lowest BCUT2D eigenvalue weighted by molar-refractivity contribution is 0.258. The van der Waals surface area contributed by atoms with Crippen LogP contribution in [-0.4, -0.2) is 42.2 Å². The number of aliphatic imine (C=N–C) groups is 1. The Bertz CT molecular complexity index is 697. The Labute approximate surface area is 149 Å². The maximum atomic E-state index is 5.22. The first kappa shape index (κ1) is 17.5. The van der Waals surface area contributed by atoms with Gasteiger partial charge in [0.1, 0.15) is 0 Å². The molecule has 25 heavy (non-hydrogen) atoms. The molecule has 2 aromatic rings. The maximum Gasteiger partial charge on any atom is 0.191 e. The van der Waals surface area contributed by atoms with E-state index >= 15 is 0 Å². The van der Waals surface area contributed by atoms with E-state index in [0.717, 1.165) is 36.9 Å². The van der Waals surface area contributed by atoms with Gasteiger partial charge in [-0.05, 0) is 25.8 Å². The molecule has 2 N–H and O–H groups in total. The predicted octanol–water partition coefficient (Wildman–Crippen LogP) is 2.48. The van der Waals surface area contributed by atoms with Gasteiger partial charge in [-0.25, -0.2) is 0 Å². The Morgan fingerprint density at radius 3 is 2.88 bits per heavy atom. The lowest BCUT2D eigenvalue weighted by atomic mass is 10.1. The molecule has 0 saturated carbocycles. The standard InChI is InChI=1S/C19H27N5O/c1-14-11-18(25-23-14)12-21-19(20-3)22-17-9-10-24(13-17)15(2)16-7-5-4-6-8-16/h4-8,11,15,17H,9-10,12-13H2,1-3H3,(H2,20,21,22). The van der Waals surface area contributed by atoms with Gasteiger partial charge in [0, 0.05) is 38.3 Å². The van der Waals surface area contributed by atoms with E-state index in [9.17, 15) is 0 Å². The van der Waals surface area contributed by atoms with Crippen LogP contribution >= 0.6 is 0 Å². The number of benzene rings is 1. The third-order valence-corrected chi connectivity index (χ3v) is 4.72. The van der Waals surface area contributed by atoms with Gasteiger partial charge >= 0.3 is 0 Å². The summed E-state index contributed by atoms with van der Waals surface area (Å²) in [6.07, 6.45) is 1.11. The molecule has 1 fully saturated rings. The van der Waals surface area contributed by atoms with Crippen LogP contribution in [0.1, 0.15) is 36.4 Å². The number of aryl methyl sites for hydroxylation is 1. The Morgan fingerprint density at radius 2 is 2.20 bits per heavy atom. The minimum Gasteiger partial charge on any atom is -0.359 e. The van der Waals surface area contributed by atoms with Crippen LogP contribution in [0, 0.1) is 6.92 Å². The highest BCUT2D eigenvalue weighted by Crippen LogP contribution is 2.24. The maximum absolute atomic E-state index is 5.22. The fourth-order valence-electron chi connectivity index (χ4n) is 3.26. The van der Waals surface area contributed by atoms with E-state index in [4.69, 9.17) is 4.52 Å². The smallest absolute Gasteiger partial charge is 0.191 e. The van der Waals surface area contributed by atoms with E-state index in [-0.39, 0.29) is 0 Å². The van der Waals surface area contributed by atoms with Crippen LogP contribution in [0.25, 0.3) is 0 Å². The fraction of sp³-hybridized carbons (Fsp3) is 0.474. The van der Waals surface area contributed by atoms with Crippen LogP contribution in [-0.2, 0) is 6.54 Å². The molecule has 0 bridgehead atoms. The highest BCUT2D eigenvalue weighted by atomic mass is 16.5. The summed E-state index contributed by atoms with van der Waals surface area (Å²) in [5.74, 6) is 1.61. The molecule has 1 aromatic carbocycles. The van der Waals surface area contributed by atoms with Crippen molar-refractivity contribution in [3.63, 3.8) is 0 Å². The summed E-state index contributed by atoms with van der Waals surface area (Å²) >= 11 is 0. The second kappa shape index (κ2) is 8.16. The van der Waals surface area contributed by atoms with E-state index in [1.165, 1.54) is 5.56 Å². The zero-order valence-corrected chi connectivity index (χ0v) is 15.2. The summed E-state index contributed by atoms with van der Waals surface area (Å²) in [6, 6.07) is 13.4. The minimum atomic E-state index is 0.397. The number of nitrogens with one attached hydrogen (secondary N) is 2. The van der Waals surface area contributed by atoms with Gasteiger partial charge in [-0.1, -0.05) is 35.5 Å². The van der Waals surface area contributed by atoms with Crippen molar-refractivity contribution in [2.45, 2.75) is 38.9 Å². The van der Waals surface area contributed by atoms with Crippen molar-refractivity contribution in [1.82, 2.24) is 20.7 Å². The van der Waals surface area contributed by atoms with Crippen molar-refractivity contribution in [2.24, 2.45) is 4.99 Å². The first-order valence-electron chi connectivity index (χ1n) is 8.84. The van der Waals surface area contributed by atoms with Gasteiger partial charge in [-0.15, -0.1) is 0 Å². The topological polar surface area (TPSA) is 65.7 Å². The van der Waals surface area contributed by atoms with Gasteiger partial charge in [0.25, 0.3) is 0 Å². The lowest BCUT2D eigenvalue weighted by Crippen LogP contribution is -2.44. The van der Waals surface area contributed by atoms with Crippen molar-refractivity contribution in [3.05, 3.63) is 53.4 Å². The normalized spacial score (nSPS) is 19.8. The first-order chi connectivity index (χ1) is 12.2. The summed E-state index contributed by atoms with van der Waals surface area (Å²) in [5.41, 5.74) is 2.26. The number of nitrogens with zero attached hydrogens (tertiary/aromatic N) is 3. The lowest BCUT2D eigenvalue weighted by Gasteiger charge is -2.25. The minimum absolute atomic E-state index is 0.397. The van der Waals surface area contributed by atoms with Gasteiger partial charge in [-0.2, -0.15) is 0 Å². The molecule has 2 atom stereocenters. The average Bonchev–Trinajstić information content (AvgIpc) is 3.27. The monoisotopic (exact) mass is 341 g/mol. The van der Waals surface area contributed by atoms with Crippen molar-refractivity contribution < 1.29 is 4.52 Å². The molecule has 2 unspecified atom stereocenters. The largest absolute Gasteiger partial charge is 0.359 e. The molecule has 1 aromatic heterocycles. The highest BCUT2D eigenvalue weighted by molar-refractivity contribution is 5.79. The van der Waals surface area contributed by atoms with Crippen LogP contribution in [0.2, 0.25) is 0 Å². The molecule has 1 saturated heterocycles. The number of likely N-dealkylation sites (tertiary alicyclic amines) is 1. The molecular formula is C19H27N5O. The summed E-state index contributed by atoms with van der Waals surface area (Å²) in [4.78, 5) is 6.83. The second-order valence-electron chi connectivity index (χ2n) is 6.57. The Morgan fingerprint density at radius 1 is 1.40 bits per heavy atom. The number of aromatic nitrogens is 1. The number of guanidine groups is 1. The van der Waals surface area contributed by atoms with Crippen molar-refractivity contribution in [1.29, 1.82) is 0 Å². The molecule has 0 amide bonds. The summed E-state index contributed by atoms with van der Waals surface area (Å²) in [6.45, 7) is 6.87. The van der Waals surface area contributed by atoms with Crippen LogP contribution in [0.4, 0.5) is 0 Å². The first-order valence-corrected chi connectivity index (χ1v) is 8.84. The Balaban J connectivity index is 1.49. The van der Waals surface area contributed by atoms with E-state index in [1.807, 2.05) is 13.0 Å². The van der Waals surface area contributed by atoms with Crippen LogP contribution in [0.15, 0.2) is 45.9 Å². The number of hydrogen-bond acceptors (Lipinski definition) is 4. The van der Waals surface area contributed by atoms with Crippen LogP contribution in [0.3, 0.4) is 0 Å². The second-order valence-corrected chi connectivity index (χ2v) is 6.57. The van der Waals surface area contributed by atoms with Gasteiger partial charge < -0.3 is 15.2 Å². The molecule has 1 aliphatic heterocycles. The van der Waals surface area contributed by atoms with Crippen molar-refractivity contribution in [2.75, 3.05) is 20.1 Å². The molecule has 134 valence electrons. The van der Waals surface area contributed by atoms with Crippen molar-refractivity contribution >= 4 is 5.96 Å². The molecular weight excluding hydrogens is 314 g/mol. The van der Waals surface area contributed by atoms with Crippen LogP contribution in [0.5, 0.6) is 0 Å². The Hall–Kier alpha value is -2.34. The molecule has 6 heteroatoms. The molecule has 3 rings (SSSR count). The van der Waals surface area contributed by atoms with Gasteiger partial charge in [0.05, 0.1) is 12.2 Å². The molecule has 0 spiro atoms. The van der Waals surface area contributed by atoms with E-state index < -0.39 is 0 Å². The molecule has 6 nitrogen and oxygen atoms in total. The Kier molecular flexibility index (Phi) is 5.71. The number of hydrogen-bond donors (Lipinski definition) is 2. The quantitative estimate of drug-likeness (QED) is 0.646. The zero-order chi connectivity index (χ0) is 17.6. The van der Waals surface area contributed by atoms with Gasteiger partial charge in [0.15, 0.2) is 11.7 Å². The molecule has 2 heterocycles. The SMILES string of the molecule is CN=C(NCc1cc(C)no1)NC1CCN(C(C)c2ccccc2)C1. The van der Waals surface area contributed by atoms with Crippen LogP contribution < -0.4 is 10.6 Å². The third kappa shape index (κ3) is 4.60. The summed E-state index contributed by atoms with van der Waals surface area (Å²) in [5, 5.41) is 10.7. The number of rotatable bonds is 5. The zero-order valence-electron chi connectivity index (χ0n) is 15.2. The fourth-order valence-corrected chi connectivity index (χ4v) is 3.26. The van der Waals surface area contributed by atoms with Gasteiger partial charge in [-0.3, -0.25) is 9.89 Å². The highest BCUT2D eigenvalue weighted by Gasteiger charge is 2.27. The molecule has 1 aliphatic rings. The predicted molar refractivity (Wildman–Crippen MR) is 99.4 cm³/mol. The average molecular weight is 341 g/mol. The van der Waals surface area contributed by atoms with E-state index in [1.54, 1.807) is 7.05 Å². The van der Waals surface area contributed by atoms with E-state index in [0.29, 0.717) is 18.6 Å². The third-order valence-electron chi connectivity index (χ3n) is 4.72.